The molecule has 0 atom stereocenters. The highest BCUT2D eigenvalue weighted by atomic mass is 15.0. The molecule has 3 aromatic heterocycles. The van der Waals surface area contributed by atoms with Crippen LogP contribution in [0.2, 0.25) is 0 Å². The van der Waals surface area contributed by atoms with E-state index in [2.05, 4.69) is 89.9 Å². The molecular formula is C43H29N5. The second kappa shape index (κ2) is 13.0. The van der Waals surface area contributed by atoms with E-state index in [1.54, 1.807) is 6.20 Å². The fourth-order valence-corrected chi connectivity index (χ4v) is 5.73. The van der Waals surface area contributed by atoms with Gasteiger partial charge in [0.15, 0.2) is 17.5 Å². The average molecular weight is 616 g/mol. The van der Waals surface area contributed by atoms with Crippen molar-refractivity contribution in [3.8, 4) is 79.1 Å². The van der Waals surface area contributed by atoms with Gasteiger partial charge in [-0.05, 0) is 52.6 Å². The zero-order valence-electron chi connectivity index (χ0n) is 26.0. The summed E-state index contributed by atoms with van der Waals surface area (Å²) in [4.78, 5) is 24.3. The highest BCUT2D eigenvalue weighted by molar-refractivity contribution is 5.78. The lowest BCUT2D eigenvalue weighted by Crippen LogP contribution is -2.00. The van der Waals surface area contributed by atoms with E-state index in [1.807, 2.05) is 84.9 Å². The third-order valence-electron chi connectivity index (χ3n) is 8.19. The normalized spacial score (nSPS) is 10.9. The van der Waals surface area contributed by atoms with Crippen molar-refractivity contribution in [2.75, 3.05) is 0 Å². The van der Waals surface area contributed by atoms with E-state index >= 15 is 0 Å². The lowest BCUT2D eigenvalue weighted by Gasteiger charge is -2.11. The maximum atomic E-state index is 5.04. The molecule has 0 saturated heterocycles. The van der Waals surface area contributed by atoms with Gasteiger partial charge in [0.05, 0.1) is 17.1 Å². The van der Waals surface area contributed by atoms with Gasteiger partial charge in [-0.3, -0.25) is 4.98 Å². The fraction of sp³-hybridized carbons (Fsp3) is 0. The molecule has 0 spiro atoms. The molecule has 0 bridgehead atoms. The highest BCUT2D eigenvalue weighted by Crippen LogP contribution is 2.32. The number of hydrogen-bond acceptors (Lipinski definition) is 5. The summed E-state index contributed by atoms with van der Waals surface area (Å²) in [6.45, 7) is 0. The van der Waals surface area contributed by atoms with Crippen LogP contribution in [0.25, 0.3) is 79.1 Å². The van der Waals surface area contributed by atoms with Crippen LogP contribution in [0.5, 0.6) is 0 Å². The van der Waals surface area contributed by atoms with Gasteiger partial charge in [-0.15, -0.1) is 0 Å². The molecule has 0 radical (unpaired) electrons. The van der Waals surface area contributed by atoms with Crippen LogP contribution in [0.3, 0.4) is 0 Å². The second-order valence-electron chi connectivity index (χ2n) is 11.4. The van der Waals surface area contributed by atoms with Crippen LogP contribution in [-0.2, 0) is 0 Å². The van der Waals surface area contributed by atoms with E-state index < -0.39 is 0 Å². The van der Waals surface area contributed by atoms with Crippen LogP contribution >= 0.6 is 0 Å². The molecule has 0 aliphatic heterocycles. The maximum Gasteiger partial charge on any atom is 0.164 e. The van der Waals surface area contributed by atoms with Crippen molar-refractivity contribution in [2.24, 2.45) is 0 Å². The van der Waals surface area contributed by atoms with Gasteiger partial charge in [0.25, 0.3) is 0 Å². The number of hydrogen-bond donors (Lipinski definition) is 0. The van der Waals surface area contributed by atoms with E-state index in [9.17, 15) is 0 Å². The molecule has 0 amide bonds. The number of rotatable bonds is 7. The summed E-state index contributed by atoms with van der Waals surface area (Å²) in [5, 5.41) is 0. The van der Waals surface area contributed by atoms with Gasteiger partial charge >= 0.3 is 0 Å². The largest absolute Gasteiger partial charge is 0.255 e. The molecule has 3 heterocycles. The Kier molecular flexibility index (Phi) is 7.83. The third kappa shape index (κ3) is 6.13. The standard InChI is InChI=1S/C43H29N5/c1-4-13-30(14-5-1)37-28-39(45-40(29-37)38-21-10-11-26-44-38)32-24-22-31(23-25-32)35-19-12-20-36(27-35)43-47-41(33-15-6-2-7-16-33)46-42(48-43)34-17-8-3-9-18-34/h1-29H. The number of nitrogens with zero attached hydrogens (tertiary/aromatic N) is 5. The van der Waals surface area contributed by atoms with Crippen molar-refractivity contribution in [1.29, 1.82) is 0 Å². The molecule has 0 aliphatic rings. The first-order valence-corrected chi connectivity index (χ1v) is 15.8. The van der Waals surface area contributed by atoms with E-state index in [0.717, 1.165) is 61.6 Å². The summed E-state index contributed by atoms with van der Waals surface area (Å²) in [5.74, 6) is 1.92. The Balaban J connectivity index is 1.16. The Morgan fingerprint density at radius 2 is 0.729 bits per heavy atom. The lowest BCUT2D eigenvalue weighted by molar-refractivity contribution is 1.07. The SMILES string of the molecule is c1ccc(-c2cc(-c3ccc(-c4cccc(-c5nc(-c6ccccc6)nc(-c6ccccc6)n5)c4)cc3)nc(-c3ccccn3)c2)cc1. The topological polar surface area (TPSA) is 64.5 Å². The summed E-state index contributed by atoms with van der Waals surface area (Å²) >= 11 is 0. The van der Waals surface area contributed by atoms with Gasteiger partial charge in [-0.1, -0.05) is 140 Å². The van der Waals surface area contributed by atoms with Crippen molar-refractivity contribution < 1.29 is 0 Å². The summed E-state index contributed by atoms with van der Waals surface area (Å²) in [6, 6.07) is 57.5. The smallest absolute Gasteiger partial charge is 0.164 e. The predicted octanol–water partition coefficient (Wildman–Crippen LogP) is 10.3. The highest BCUT2D eigenvalue weighted by Gasteiger charge is 2.14. The molecule has 0 N–H and O–H groups in total. The summed E-state index contributed by atoms with van der Waals surface area (Å²) in [7, 11) is 0. The van der Waals surface area contributed by atoms with Crippen LogP contribution < -0.4 is 0 Å². The van der Waals surface area contributed by atoms with Gasteiger partial charge in [-0.2, -0.15) is 0 Å². The maximum absolute atomic E-state index is 5.04. The molecule has 0 saturated carbocycles. The zero-order chi connectivity index (χ0) is 32.1. The van der Waals surface area contributed by atoms with Crippen molar-refractivity contribution in [3.05, 3.63) is 176 Å². The summed E-state index contributed by atoms with van der Waals surface area (Å²) in [6.07, 6.45) is 1.80. The van der Waals surface area contributed by atoms with Crippen LogP contribution in [0, 0.1) is 0 Å². The molecule has 48 heavy (non-hydrogen) atoms. The van der Waals surface area contributed by atoms with E-state index in [4.69, 9.17) is 19.9 Å². The van der Waals surface area contributed by atoms with Gasteiger partial charge < -0.3 is 0 Å². The Hall–Kier alpha value is -6.59. The predicted molar refractivity (Wildman–Crippen MR) is 193 cm³/mol. The molecule has 0 fully saturated rings. The number of pyridine rings is 2. The van der Waals surface area contributed by atoms with Gasteiger partial charge in [0, 0.05) is 28.5 Å². The Bertz CT molecular complexity index is 2190. The minimum atomic E-state index is 0.630. The molecule has 5 nitrogen and oxygen atoms in total. The lowest BCUT2D eigenvalue weighted by atomic mass is 9.98. The zero-order valence-corrected chi connectivity index (χ0v) is 26.0. The van der Waals surface area contributed by atoms with Crippen molar-refractivity contribution in [1.82, 2.24) is 24.9 Å². The number of benzene rings is 5. The van der Waals surface area contributed by atoms with Crippen LogP contribution in [0.1, 0.15) is 0 Å². The minimum absolute atomic E-state index is 0.630. The quantitative estimate of drug-likeness (QED) is 0.178. The van der Waals surface area contributed by atoms with Crippen molar-refractivity contribution in [3.63, 3.8) is 0 Å². The first-order valence-electron chi connectivity index (χ1n) is 15.8. The minimum Gasteiger partial charge on any atom is -0.255 e. The molecule has 0 unspecified atom stereocenters. The van der Waals surface area contributed by atoms with Gasteiger partial charge in [0.2, 0.25) is 0 Å². The molecular weight excluding hydrogens is 587 g/mol. The van der Waals surface area contributed by atoms with E-state index in [0.29, 0.717) is 17.5 Å². The molecule has 5 aromatic carbocycles. The van der Waals surface area contributed by atoms with E-state index in [-0.39, 0.29) is 0 Å². The van der Waals surface area contributed by atoms with Gasteiger partial charge in [0.1, 0.15) is 0 Å². The van der Waals surface area contributed by atoms with Gasteiger partial charge in [-0.25, -0.2) is 19.9 Å². The monoisotopic (exact) mass is 615 g/mol. The summed E-state index contributed by atoms with van der Waals surface area (Å²) < 4.78 is 0. The number of aromatic nitrogens is 5. The molecule has 5 heteroatoms. The Labute approximate surface area is 279 Å². The van der Waals surface area contributed by atoms with Crippen LogP contribution in [0.15, 0.2) is 176 Å². The first kappa shape index (κ1) is 28.9. The molecule has 226 valence electrons. The molecule has 0 aliphatic carbocycles. The third-order valence-corrected chi connectivity index (χ3v) is 8.19. The second-order valence-corrected chi connectivity index (χ2v) is 11.4. The van der Waals surface area contributed by atoms with Crippen LogP contribution in [0.4, 0.5) is 0 Å². The van der Waals surface area contributed by atoms with Crippen LogP contribution in [-0.4, -0.2) is 24.9 Å². The molecule has 8 aromatic rings. The first-order chi connectivity index (χ1) is 23.8. The average Bonchev–Trinajstić information content (AvgIpc) is 3.19. The Morgan fingerprint density at radius 3 is 1.33 bits per heavy atom. The summed E-state index contributed by atoms with van der Waals surface area (Å²) in [5.41, 5.74) is 10.8. The van der Waals surface area contributed by atoms with Crippen molar-refractivity contribution >= 4 is 0 Å². The molecule has 8 rings (SSSR count). The fourth-order valence-electron chi connectivity index (χ4n) is 5.73. The van der Waals surface area contributed by atoms with E-state index in [1.165, 1.54) is 0 Å². The Morgan fingerprint density at radius 1 is 0.250 bits per heavy atom. The van der Waals surface area contributed by atoms with Crippen molar-refractivity contribution in [2.45, 2.75) is 0 Å².